The van der Waals surface area contributed by atoms with E-state index in [0.29, 0.717) is 5.56 Å². The Bertz CT molecular complexity index is 1150. The summed E-state index contributed by atoms with van der Waals surface area (Å²) in [5.41, 5.74) is 5.40. The highest BCUT2D eigenvalue weighted by atomic mass is 16.1. The minimum Gasteiger partial charge on any atom is -0.345 e. The number of hydrogen-bond donors (Lipinski definition) is 1. The van der Waals surface area contributed by atoms with Gasteiger partial charge in [-0.15, -0.1) is 0 Å². The lowest BCUT2D eigenvalue weighted by atomic mass is 9.99. The molecule has 1 atom stereocenters. The Morgan fingerprint density at radius 1 is 1.14 bits per heavy atom. The van der Waals surface area contributed by atoms with Crippen LogP contribution < -0.4 is 5.32 Å². The van der Waals surface area contributed by atoms with Gasteiger partial charge in [-0.1, -0.05) is 37.3 Å². The fraction of sp³-hybridized carbons (Fsp3) is 0.217. The predicted molar refractivity (Wildman–Crippen MR) is 113 cm³/mol. The van der Waals surface area contributed by atoms with Gasteiger partial charge in [0, 0.05) is 11.1 Å². The van der Waals surface area contributed by atoms with Gasteiger partial charge in [0.25, 0.3) is 5.91 Å². The molecule has 0 aliphatic carbocycles. The summed E-state index contributed by atoms with van der Waals surface area (Å²) in [5.74, 6) is -0.0800. The second kappa shape index (κ2) is 7.83. The van der Waals surface area contributed by atoms with E-state index in [0.717, 1.165) is 39.8 Å². The zero-order chi connectivity index (χ0) is 20.4. The Morgan fingerprint density at radius 2 is 1.90 bits per heavy atom. The van der Waals surface area contributed by atoms with Gasteiger partial charge in [-0.3, -0.25) is 9.78 Å². The summed E-state index contributed by atoms with van der Waals surface area (Å²) in [6, 6.07) is 15.6. The number of pyridine rings is 1. The van der Waals surface area contributed by atoms with E-state index in [-0.39, 0.29) is 11.9 Å². The number of rotatable bonds is 5. The van der Waals surface area contributed by atoms with Gasteiger partial charge in [0.05, 0.1) is 22.8 Å². The number of fused-ring (bicyclic) bond motifs is 1. The molecule has 4 rings (SSSR count). The van der Waals surface area contributed by atoms with Crippen molar-refractivity contribution in [1.82, 2.24) is 25.1 Å². The molecule has 0 aliphatic heterocycles. The summed E-state index contributed by atoms with van der Waals surface area (Å²) in [4.78, 5) is 21.9. The summed E-state index contributed by atoms with van der Waals surface area (Å²) < 4.78 is 1.70. The average Bonchev–Trinajstić information content (AvgIpc) is 3.28. The molecule has 0 spiro atoms. The van der Waals surface area contributed by atoms with Crippen LogP contribution in [0.1, 0.15) is 47.1 Å². The van der Waals surface area contributed by atoms with Crippen LogP contribution >= 0.6 is 0 Å². The number of nitrogens with zero attached hydrogens (tertiary/aromatic N) is 4. The molecule has 0 bridgehead atoms. The van der Waals surface area contributed by atoms with Crippen LogP contribution in [0.4, 0.5) is 0 Å². The molecule has 0 radical (unpaired) electrons. The average molecular weight is 385 g/mol. The smallest absolute Gasteiger partial charge is 0.252 e. The van der Waals surface area contributed by atoms with E-state index in [4.69, 9.17) is 4.98 Å². The molecule has 4 aromatic rings. The Hall–Kier alpha value is -3.54. The first-order chi connectivity index (χ1) is 14.1. The molecule has 1 amide bonds. The second-order valence-electron chi connectivity index (χ2n) is 7.06. The third kappa shape index (κ3) is 3.61. The first kappa shape index (κ1) is 18.8. The minimum atomic E-state index is -0.135. The third-order valence-electron chi connectivity index (χ3n) is 5.22. The lowest BCUT2D eigenvalue weighted by molar-refractivity contribution is 0.0941. The van der Waals surface area contributed by atoms with Crippen LogP contribution in [0.3, 0.4) is 0 Å². The molecule has 6 heteroatoms. The number of aryl methyl sites for hydroxylation is 1. The van der Waals surface area contributed by atoms with Crippen molar-refractivity contribution in [3.05, 3.63) is 83.6 Å². The van der Waals surface area contributed by atoms with Crippen LogP contribution in [0.25, 0.3) is 16.6 Å². The van der Waals surface area contributed by atoms with Crippen LogP contribution in [-0.4, -0.2) is 25.7 Å². The van der Waals surface area contributed by atoms with Gasteiger partial charge in [0.15, 0.2) is 0 Å². The number of hydrogen-bond acceptors (Lipinski definition) is 4. The Morgan fingerprint density at radius 3 is 2.59 bits per heavy atom. The summed E-state index contributed by atoms with van der Waals surface area (Å²) in [5, 5.41) is 8.17. The molecular weight excluding hydrogens is 362 g/mol. The Labute approximate surface area is 169 Å². The SMILES string of the molecule is CCc1nc2ccccc2c(C(=O)NC(C)c2ccc(-n3cncn3)cc2)c1C. The minimum absolute atomic E-state index is 0.0800. The van der Waals surface area contributed by atoms with Crippen LogP contribution in [0.2, 0.25) is 0 Å². The molecule has 1 N–H and O–H groups in total. The lowest BCUT2D eigenvalue weighted by Crippen LogP contribution is -2.28. The van der Waals surface area contributed by atoms with E-state index in [1.165, 1.54) is 6.33 Å². The molecule has 2 heterocycles. The number of aromatic nitrogens is 4. The summed E-state index contributed by atoms with van der Waals surface area (Å²) >= 11 is 0. The standard InChI is InChI=1S/C23H23N5O/c1-4-20-15(2)22(19-7-5-6-8-21(19)27-20)23(29)26-16(3)17-9-11-18(12-10-17)28-14-24-13-25-28/h5-14,16H,4H2,1-3H3,(H,26,29). The molecule has 0 fully saturated rings. The highest BCUT2D eigenvalue weighted by molar-refractivity contribution is 6.07. The molecule has 29 heavy (non-hydrogen) atoms. The maximum Gasteiger partial charge on any atom is 0.252 e. The Balaban J connectivity index is 1.62. The Kier molecular flexibility index (Phi) is 5.08. The largest absolute Gasteiger partial charge is 0.345 e. The highest BCUT2D eigenvalue weighted by Gasteiger charge is 2.19. The number of carbonyl (C=O) groups excluding carboxylic acids is 1. The van der Waals surface area contributed by atoms with Crippen molar-refractivity contribution in [3.8, 4) is 5.69 Å². The van der Waals surface area contributed by atoms with Gasteiger partial charge < -0.3 is 5.32 Å². The number of carbonyl (C=O) groups is 1. The van der Waals surface area contributed by atoms with Crippen LogP contribution in [0.15, 0.2) is 61.2 Å². The van der Waals surface area contributed by atoms with Crippen LogP contribution in [0.5, 0.6) is 0 Å². The summed E-state index contributed by atoms with van der Waals surface area (Å²) in [6.07, 6.45) is 3.95. The molecule has 0 saturated carbocycles. The topological polar surface area (TPSA) is 72.7 Å². The molecule has 1 unspecified atom stereocenters. The van der Waals surface area contributed by atoms with Gasteiger partial charge in [0.1, 0.15) is 12.7 Å². The van der Waals surface area contributed by atoms with Crippen molar-refractivity contribution in [3.63, 3.8) is 0 Å². The van der Waals surface area contributed by atoms with E-state index in [1.54, 1.807) is 11.0 Å². The van der Waals surface area contributed by atoms with Gasteiger partial charge in [-0.05, 0) is 49.6 Å². The zero-order valence-electron chi connectivity index (χ0n) is 16.8. The zero-order valence-corrected chi connectivity index (χ0v) is 16.8. The highest BCUT2D eigenvalue weighted by Crippen LogP contribution is 2.25. The fourth-order valence-electron chi connectivity index (χ4n) is 3.60. The summed E-state index contributed by atoms with van der Waals surface area (Å²) in [7, 11) is 0. The fourth-order valence-corrected chi connectivity index (χ4v) is 3.60. The maximum absolute atomic E-state index is 13.2. The van der Waals surface area contributed by atoms with E-state index in [9.17, 15) is 4.79 Å². The lowest BCUT2D eigenvalue weighted by Gasteiger charge is -2.18. The molecule has 0 aliphatic rings. The first-order valence-electron chi connectivity index (χ1n) is 9.72. The predicted octanol–water partition coefficient (Wildman–Crippen LogP) is 4.18. The van der Waals surface area contributed by atoms with Crippen molar-refractivity contribution < 1.29 is 4.79 Å². The van der Waals surface area contributed by atoms with Crippen molar-refractivity contribution in [2.75, 3.05) is 0 Å². The van der Waals surface area contributed by atoms with Crippen molar-refractivity contribution in [2.24, 2.45) is 0 Å². The van der Waals surface area contributed by atoms with E-state index < -0.39 is 0 Å². The second-order valence-corrected chi connectivity index (χ2v) is 7.06. The summed E-state index contributed by atoms with van der Waals surface area (Å²) in [6.45, 7) is 6.03. The van der Waals surface area contributed by atoms with E-state index in [2.05, 4.69) is 22.3 Å². The molecule has 2 aromatic carbocycles. The number of nitrogens with one attached hydrogen (secondary N) is 1. The third-order valence-corrected chi connectivity index (χ3v) is 5.22. The molecule has 6 nitrogen and oxygen atoms in total. The van der Waals surface area contributed by atoms with Crippen molar-refractivity contribution in [2.45, 2.75) is 33.2 Å². The number of amides is 1. The number of para-hydroxylation sites is 1. The van der Waals surface area contributed by atoms with E-state index in [1.807, 2.05) is 62.4 Å². The van der Waals surface area contributed by atoms with Crippen molar-refractivity contribution in [1.29, 1.82) is 0 Å². The molecular formula is C23H23N5O. The van der Waals surface area contributed by atoms with Crippen LogP contribution in [-0.2, 0) is 6.42 Å². The van der Waals surface area contributed by atoms with Gasteiger partial charge in [0.2, 0.25) is 0 Å². The molecule has 146 valence electrons. The normalized spacial score (nSPS) is 12.1. The molecule has 2 aromatic heterocycles. The number of benzene rings is 2. The van der Waals surface area contributed by atoms with Crippen LogP contribution in [0, 0.1) is 6.92 Å². The van der Waals surface area contributed by atoms with E-state index >= 15 is 0 Å². The maximum atomic E-state index is 13.2. The first-order valence-corrected chi connectivity index (χ1v) is 9.72. The molecule has 0 saturated heterocycles. The monoisotopic (exact) mass is 385 g/mol. The van der Waals surface area contributed by atoms with Crippen molar-refractivity contribution >= 4 is 16.8 Å². The van der Waals surface area contributed by atoms with Gasteiger partial charge in [-0.25, -0.2) is 9.67 Å². The quantitative estimate of drug-likeness (QED) is 0.559. The van der Waals surface area contributed by atoms with Gasteiger partial charge >= 0.3 is 0 Å². The van der Waals surface area contributed by atoms with Gasteiger partial charge in [-0.2, -0.15) is 5.10 Å².